The number of hydrogen-bond acceptors (Lipinski definition) is 1. The van der Waals surface area contributed by atoms with Gasteiger partial charge in [0.25, 0.3) is 0 Å². The molecule has 0 aliphatic carbocycles. The lowest BCUT2D eigenvalue weighted by Crippen LogP contribution is -2.32. The second kappa shape index (κ2) is 3.89. The third-order valence-electron chi connectivity index (χ3n) is 2.07. The lowest BCUT2D eigenvalue weighted by Gasteiger charge is -2.21. The Morgan fingerprint density at radius 3 is 1.78 bits per heavy atom. The first-order chi connectivity index (χ1) is 4.09. The molecule has 1 unspecified atom stereocenters. The van der Waals surface area contributed by atoms with Crippen LogP contribution in [0.3, 0.4) is 0 Å². The lowest BCUT2D eigenvalue weighted by atomic mass is 9.91. The molecule has 9 heavy (non-hydrogen) atoms. The highest BCUT2D eigenvalue weighted by Gasteiger charge is 2.13. The molecule has 0 aromatic heterocycles. The zero-order valence-corrected chi connectivity index (χ0v) is 7.02. The summed E-state index contributed by atoms with van der Waals surface area (Å²) in [6, 6.07) is 0.384. The van der Waals surface area contributed by atoms with E-state index in [-0.39, 0.29) is 0 Å². The fraction of sp³-hybridized carbons (Fsp3) is 1.00. The SMILES string of the molecule is CC[C@@H](C)C(N)C(C)C. The first-order valence-corrected chi connectivity index (χ1v) is 3.85. The van der Waals surface area contributed by atoms with Crippen LogP contribution in [0.15, 0.2) is 0 Å². The second-order valence-corrected chi connectivity index (χ2v) is 3.21. The number of nitrogens with two attached hydrogens (primary N) is 1. The van der Waals surface area contributed by atoms with E-state index in [9.17, 15) is 0 Å². The van der Waals surface area contributed by atoms with Gasteiger partial charge in [0, 0.05) is 6.04 Å². The summed E-state index contributed by atoms with van der Waals surface area (Å²) in [5.74, 6) is 1.30. The average Bonchev–Trinajstić information content (AvgIpc) is 1.84. The van der Waals surface area contributed by atoms with Gasteiger partial charge in [0.2, 0.25) is 0 Å². The monoisotopic (exact) mass is 129 g/mol. The smallest absolute Gasteiger partial charge is 0.00876 e. The van der Waals surface area contributed by atoms with Crippen molar-refractivity contribution in [1.82, 2.24) is 0 Å². The zero-order chi connectivity index (χ0) is 7.44. The molecule has 0 aliphatic heterocycles. The summed E-state index contributed by atoms with van der Waals surface area (Å²) in [5, 5.41) is 0. The average molecular weight is 129 g/mol. The molecule has 0 fully saturated rings. The fourth-order valence-corrected chi connectivity index (χ4v) is 0.929. The lowest BCUT2D eigenvalue weighted by molar-refractivity contribution is 0.356. The molecular formula is C8H19N. The van der Waals surface area contributed by atoms with E-state index >= 15 is 0 Å². The van der Waals surface area contributed by atoms with Crippen LogP contribution in [0.4, 0.5) is 0 Å². The summed E-state index contributed by atoms with van der Waals surface area (Å²) < 4.78 is 0. The van der Waals surface area contributed by atoms with Crippen LogP contribution in [-0.2, 0) is 0 Å². The summed E-state index contributed by atoms with van der Waals surface area (Å²) in [4.78, 5) is 0. The molecule has 0 aliphatic rings. The van der Waals surface area contributed by atoms with Crippen molar-refractivity contribution >= 4 is 0 Å². The second-order valence-electron chi connectivity index (χ2n) is 3.21. The van der Waals surface area contributed by atoms with Gasteiger partial charge in [0.15, 0.2) is 0 Å². The van der Waals surface area contributed by atoms with Gasteiger partial charge < -0.3 is 5.73 Å². The third-order valence-corrected chi connectivity index (χ3v) is 2.07. The summed E-state index contributed by atoms with van der Waals surface area (Å²) in [6.07, 6.45) is 1.19. The molecule has 0 heterocycles. The summed E-state index contributed by atoms with van der Waals surface area (Å²) in [6.45, 7) is 8.76. The van der Waals surface area contributed by atoms with E-state index in [1.165, 1.54) is 6.42 Å². The van der Waals surface area contributed by atoms with Crippen LogP contribution in [-0.4, -0.2) is 6.04 Å². The molecule has 0 amide bonds. The predicted octanol–water partition coefficient (Wildman–Crippen LogP) is 2.02. The van der Waals surface area contributed by atoms with Crippen molar-refractivity contribution in [3.05, 3.63) is 0 Å². The van der Waals surface area contributed by atoms with Crippen molar-refractivity contribution < 1.29 is 0 Å². The van der Waals surface area contributed by atoms with Gasteiger partial charge >= 0.3 is 0 Å². The van der Waals surface area contributed by atoms with Crippen LogP contribution in [0.2, 0.25) is 0 Å². The molecule has 0 bridgehead atoms. The molecule has 2 N–H and O–H groups in total. The molecule has 0 aromatic carbocycles. The van der Waals surface area contributed by atoms with Gasteiger partial charge in [-0.15, -0.1) is 0 Å². The van der Waals surface area contributed by atoms with Crippen molar-refractivity contribution in [2.45, 2.75) is 40.2 Å². The van der Waals surface area contributed by atoms with Crippen molar-refractivity contribution in [3.8, 4) is 0 Å². The van der Waals surface area contributed by atoms with E-state index in [4.69, 9.17) is 5.73 Å². The van der Waals surface area contributed by atoms with Crippen LogP contribution in [0, 0.1) is 11.8 Å². The van der Waals surface area contributed by atoms with Crippen molar-refractivity contribution in [2.24, 2.45) is 17.6 Å². The maximum atomic E-state index is 5.87. The third kappa shape index (κ3) is 2.85. The van der Waals surface area contributed by atoms with Crippen molar-refractivity contribution in [2.75, 3.05) is 0 Å². The van der Waals surface area contributed by atoms with Crippen LogP contribution < -0.4 is 5.73 Å². The topological polar surface area (TPSA) is 26.0 Å². The van der Waals surface area contributed by atoms with E-state index in [0.717, 1.165) is 0 Å². The van der Waals surface area contributed by atoms with Gasteiger partial charge in [0.05, 0.1) is 0 Å². The number of rotatable bonds is 3. The van der Waals surface area contributed by atoms with Crippen molar-refractivity contribution in [1.29, 1.82) is 0 Å². The maximum absolute atomic E-state index is 5.87. The summed E-state index contributed by atoms with van der Waals surface area (Å²) >= 11 is 0. The highest BCUT2D eigenvalue weighted by Crippen LogP contribution is 2.12. The van der Waals surface area contributed by atoms with E-state index in [0.29, 0.717) is 17.9 Å². The first-order valence-electron chi connectivity index (χ1n) is 3.85. The minimum absolute atomic E-state index is 0.384. The Morgan fingerprint density at radius 1 is 1.22 bits per heavy atom. The van der Waals surface area contributed by atoms with Crippen LogP contribution in [0.5, 0.6) is 0 Å². The van der Waals surface area contributed by atoms with Gasteiger partial charge in [-0.25, -0.2) is 0 Å². The van der Waals surface area contributed by atoms with Gasteiger partial charge in [-0.3, -0.25) is 0 Å². The quantitative estimate of drug-likeness (QED) is 0.620. The fourth-order valence-electron chi connectivity index (χ4n) is 0.929. The van der Waals surface area contributed by atoms with Gasteiger partial charge in [-0.05, 0) is 11.8 Å². The van der Waals surface area contributed by atoms with E-state index in [1.807, 2.05) is 0 Å². The minimum atomic E-state index is 0.384. The molecular weight excluding hydrogens is 110 g/mol. The molecule has 1 nitrogen and oxygen atoms in total. The minimum Gasteiger partial charge on any atom is -0.327 e. The van der Waals surface area contributed by atoms with Crippen LogP contribution in [0.1, 0.15) is 34.1 Å². The van der Waals surface area contributed by atoms with Crippen LogP contribution >= 0.6 is 0 Å². The van der Waals surface area contributed by atoms with Gasteiger partial charge in [-0.2, -0.15) is 0 Å². The first kappa shape index (κ1) is 8.96. The normalized spacial score (nSPS) is 18.0. The highest BCUT2D eigenvalue weighted by atomic mass is 14.7. The van der Waals surface area contributed by atoms with E-state index in [1.54, 1.807) is 0 Å². The Morgan fingerprint density at radius 2 is 1.67 bits per heavy atom. The molecule has 0 saturated heterocycles. The van der Waals surface area contributed by atoms with Crippen LogP contribution in [0.25, 0.3) is 0 Å². The molecule has 2 atom stereocenters. The van der Waals surface area contributed by atoms with Gasteiger partial charge in [0.1, 0.15) is 0 Å². The highest BCUT2D eigenvalue weighted by molar-refractivity contribution is 4.70. The van der Waals surface area contributed by atoms with Gasteiger partial charge in [-0.1, -0.05) is 34.1 Å². The summed E-state index contributed by atoms with van der Waals surface area (Å²) in [5.41, 5.74) is 5.87. The molecule has 0 rings (SSSR count). The molecule has 0 spiro atoms. The Balaban J connectivity index is 3.58. The molecule has 0 saturated carbocycles. The van der Waals surface area contributed by atoms with E-state index < -0.39 is 0 Å². The molecule has 56 valence electrons. The summed E-state index contributed by atoms with van der Waals surface area (Å²) in [7, 11) is 0. The largest absolute Gasteiger partial charge is 0.327 e. The molecule has 0 radical (unpaired) electrons. The predicted molar refractivity (Wildman–Crippen MR) is 42.3 cm³/mol. The Labute approximate surface area is 58.6 Å². The van der Waals surface area contributed by atoms with E-state index in [2.05, 4.69) is 27.7 Å². The molecule has 0 aromatic rings. The number of hydrogen-bond donors (Lipinski definition) is 1. The Hall–Kier alpha value is -0.0400. The Kier molecular flexibility index (Phi) is 3.87. The zero-order valence-electron chi connectivity index (χ0n) is 7.02. The molecule has 1 heteroatoms. The Bertz CT molecular complexity index is 69.0. The standard InChI is InChI=1S/C8H19N/c1-5-7(4)8(9)6(2)3/h6-8H,5,9H2,1-4H3/t7-,8?/m1/s1. The maximum Gasteiger partial charge on any atom is 0.00876 e. The van der Waals surface area contributed by atoms with Crippen molar-refractivity contribution in [3.63, 3.8) is 0 Å².